The van der Waals surface area contributed by atoms with Crippen molar-refractivity contribution >= 4 is 17.3 Å². The molecule has 0 unspecified atom stereocenters. The highest BCUT2D eigenvalue weighted by atomic mass is 19.1. The number of rotatable bonds is 4. The molecule has 0 fully saturated rings. The lowest BCUT2D eigenvalue weighted by atomic mass is 10.0. The Morgan fingerprint density at radius 3 is 2.72 bits per heavy atom. The first-order valence-electron chi connectivity index (χ1n) is 8.87. The number of nitriles is 1. The summed E-state index contributed by atoms with van der Waals surface area (Å²) in [7, 11) is 0. The van der Waals surface area contributed by atoms with Crippen molar-refractivity contribution in [2.45, 2.75) is 19.9 Å². The Kier molecular flexibility index (Phi) is 4.52. The predicted octanol–water partition coefficient (Wildman–Crippen LogP) is 3.26. The Bertz CT molecular complexity index is 1240. The van der Waals surface area contributed by atoms with Crippen LogP contribution in [-0.2, 0) is 0 Å². The second-order valence-electron chi connectivity index (χ2n) is 6.54. The summed E-state index contributed by atoms with van der Waals surface area (Å²) in [4.78, 5) is 12.5. The van der Waals surface area contributed by atoms with E-state index in [0.29, 0.717) is 11.5 Å². The number of aromatic nitrogens is 5. The number of hydrogen-bond acceptors (Lipinski definition) is 7. The number of anilines is 2. The van der Waals surface area contributed by atoms with Crippen LogP contribution in [0.1, 0.15) is 29.8 Å². The molecule has 0 radical (unpaired) electrons. The SMILES string of the molecule is Cc1nn2cc([C@H](C)Nc3ncnc(N)c3C#N)c(-c3ccccc3)nc2c1F. The monoisotopic (exact) mass is 388 g/mol. The molecule has 1 aromatic carbocycles. The highest BCUT2D eigenvalue weighted by molar-refractivity contribution is 5.68. The number of hydrogen-bond donors (Lipinski definition) is 2. The van der Waals surface area contributed by atoms with Crippen LogP contribution in [0.3, 0.4) is 0 Å². The van der Waals surface area contributed by atoms with E-state index in [4.69, 9.17) is 5.73 Å². The molecular weight excluding hydrogens is 371 g/mol. The quantitative estimate of drug-likeness (QED) is 0.551. The molecule has 1 atom stereocenters. The van der Waals surface area contributed by atoms with Gasteiger partial charge < -0.3 is 11.1 Å². The van der Waals surface area contributed by atoms with Crippen molar-refractivity contribution in [2.75, 3.05) is 11.1 Å². The fourth-order valence-electron chi connectivity index (χ4n) is 3.11. The van der Waals surface area contributed by atoms with E-state index in [1.54, 1.807) is 13.1 Å². The van der Waals surface area contributed by atoms with Crippen LogP contribution in [-0.4, -0.2) is 24.6 Å². The molecule has 0 saturated heterocycles. The topological polar surface area (TPSA) is 118 Å². The van der Waals surface area contributed by atoms with Gasteiger partial charge in [0.15, 0.2) is 11.5 Å². The van der Waals surface area contributed by atoms with Gasteiger partial charge in [-0.25, -0.2) is 23.9 Å². The molecule has 9 heteroatoms. The van der Waals surface area contributed by atoms with Crippen LogP contribution in [0, 0.1) is 24.1 Å². The molecule has 4 rings (SSSR count). The molecule has 29 heavy (non-hydrogen) atoms. The number of benzene rings is 1. The molecule has 144 valence electrons. The average molecular weight is 388 g/mol. The standard InChI is InChI=1S/C20H17FN8/c1-11(26-19-14(8-22)18(23)24-10-25-19)15-9-29-20(16(21)12(2)28-29)27-17(15)13-6-4-3-5-7-13/h3-7,9-11H,1-2H3,(H3,23,24,25,26)/t11-/m0/s1. The predicted molar refractivity (Wildman–Crippen MR) is 106 cm³/mol. The van der Waals surface area contributed by atoms with Crippen LogP contribution < -0.4 is 11.1 Å². The number of nitrogens with zero attached hydrogens (tertiary/aromatic N) is 6. The summed E-state index contributed by atoms with van der Waals surface area (Å²) < 4.78 is 15.9. The second-order valence-corrected chi connectivity index (χ2v) is 6.54. The Labute approximate surface area is 165 Å². The zero-order chi connectivity index (χ0) is 20.5. The highest BCUT2D eigenvalue weighted by Gasteiger charge is 2.20. The molecule has 0 amide bonds. The Morgan fingerprint density at radius 2 is 2.00 bits per heavy atom. The number of nitrogens with one attached hydrogen (secondary N) is 1. The zero-order valence-electron chi connectivity index (χ0n) is 15.8. The summed E-state index contributed by atoms with van der Waals surface area (Å²) in [6.45, 7) is 3.48. The molecule has 8 nitrogen and oxygen atoms in total. The zero-order valence-corrected chi connectivity index (χ0v) is 15.8. The maximum Gasteiger partial charge on any atom is 0.192 e. The van der Waals surface area contributed by atoms with Crippen molar-refractivity contribution in [1.82, 2.24) is 24.6 Å². The van der Waals surface area contributed by atoms with E-state index < -0.39 is 5.82 Å². The first-order valence-corrected chi connectivity index (χ1v) is 8.87. The third-order valence-electron chi connectivity index (χ3n) is 4.60. The van der Waals surface area contributed by atoms with E-state index in [0.717, 1.165) is 11.1 Å². The molecule has 4 aromatic rings. The second kappa shape index (κ2) is 7.16. The maximum absolute atomic E-state index is 14.4. The van der Waals surface area contributed by atoms with Gasteiger partial charge in [0.25, 0.3) is 0 Å². The number of nitrogen functional groups attached to an aromatic ring is 1. The summed E-state index contributed by atoms with van der Waals surface area (Å²) in [6.07, 6.45) is 3.02. The fourth-order valence-corrected chi connectivity index (χ4v) is 3.11. The van der Waals surface area contributed by atoms with Gasteiger partial charge >= 0.3 is 0 Å². The molecule has 0 aliphatic carbocycles. The van der Waals surface area contributed by atoms with Crippen LogP contribution in [0.25, 0.3) is 16.9 Å². The third-order valence-corrected chi connectivity index (χ3v) is 4.60. The van der Waals surface area contributed by atoms with Gasteiger partial charge in [-0.2, -0.15) is 10.4 Å². The van der Waals surface area contributed by atoms with Crippen LogP contribution >= 0.6 is 0 Å². The van der Waals surface area contributed by atoms with Gasteiger partial charge in [-0.3, -0.25) is 0 Å². The summed E-state index contributed by atoms with van der Waals surface area (Å²) in [6, 6.07) is 11.2. The van der Waals surface area contributed by atoms with Crippen LogP contribution in [0.15, 0.2) is 42.9 Å². The number of fused-ring (bicyclic) bond motifs is 1. The van der Waals surface area contributed by atoms with E-state index in [9.17, 15) is 9.65 Å². The normalized spacial score (nSPS) is 11.9. The van der Waals surface area contributed by atoms with Crippen LogP contribution in [0.4, 0.5) is 16.0 Å². The molecule has 3 heterocycles. The van der Waals surface area contributed by atoms with E-state index in [1.807, 2.05) is 43.3 Å². The number of nitrogens with two attached hydrogens (primary N) is 1. The average Bonchev–Trinajstić information content (AvgIpc) is 3.01. The smallest absolute Gasteiger partial charge is 0.192 e. The summed E-state index contributed by atoms with van der Waals surface area (Å²) in [5.41, 5.74) is 8.56. The lowest BCUT2D eigenvalue weighted by molar-refractivity contribution is 0.626. The first kappa shape index (κ1) is 18.3. The molecule has 0 saturated carbocycles. The molecule has 0 aliphatic heterocycles. The third kappa shape index (κ3) is 3.21. The number of halogens is 1. The summed E-state index contributed by atoms with van der Waals surface area (Å²) >= 11 is 0. The summed E-state index contributed by atoms with van der Waals surface area (Å²) in [5.74, 6) is -0.0436. The minimum absolute atomic E-state index is 0.0961. The minimum atomic E-state index is -0.454. The minimum Gasteiger partial charge on any atom is -0.382 e. The van der Waals surface area contributed by atoms with E-state index in [2.05, 4.69) is 25.4 Å². The van der Waals surface area contributed by atoms with E-state index in [-0.39, 0.29) is 28.8 Å². The van der Waals surface area contributed by atoms with Crippen molar-refractivity contribution in [3.8, 4) is 17.3 Å². The van der Waals surface area contributed by atoms with E-state index in [1.165, 1.54) is 10.8 Å². The van der Waals surface area contributed by atoms with Gasteiger partial charge in [0.1, 0.15) is 29.6 Å². The van der Waals surface area contributed by atoms with Gasteiger partial charge in [-0.15, -0.1) is 0 Å². The van der Waals surface area contributed by atoms with Crippen molar-refractivity contribution in [3.05, 3.63) is 65.5 Å². The molecule has 3 N–H and O–H groups in total. The highest BCUT2D eigenvalue weighted by Crippen LogP contribution is 2.30. The fraction of sp³-hybridized carbons (Fsp3) is 0.150. The summed E-state index contributed by atoms with van der Waals surface area (Å²) in [5, 5.41) is 16.8. The molecule has 0 bridgehead atoms. The number of aryl methyl sites for hydroxylation is 1. The molecule has 3 aromatic heterocycles. The van der Waals surface area contributed by atoms with Crippen molar-refractivity contribution in [1.29, 1.82) is 5.26 Å². The van der Waals surface area contributed by atoms with Crippen LogP contribution in [0.2, 0.25) is 0 Å². The molecule has 0 aliphatic rings. The molecule has 0 spiro atoms. The van der Waals surface area contributed by atoms with Crippen molar-refractivity contribution < 1.29 is 4.39 Å². The van der Waals surface area contributed by atoms with Crippen molar-refractivity contribution in [2.24, 2.45) is 0 Å². The van der Waals surface area contributed by atoms with Gasteiger partial charge in [-0.05, 0) is 13.8 Å². The van der Waals surface area contributed by atoms with Crippen LogP contribution in [0.5, 0.6) is 0 Å². The Balaban J connectivity index is 1.86. The van der Waals surface area contributed by atoms with E-state index >= 15 is 0 Å². The Hall–Kier alpha value is -4.06. The Morgan fingerprint density at radius 1 is 1.24 bits per heavy atom. The van der Waals surface area contributed by atoms with Gasteiger partial charge in [0, 0.05) is 17.3 Å². The largest absolute Gasteiger partial charge is 0.382 e. The van der Waals surface area contributed by atoms with Gasteiger partial charge in [0.05, 0.1) is 17.4 Å². The van der Waals surface area contributed by atoms with Gasteiger partial charge in [0.2, 0.25) is 0 Å². The lowest BCUT2D eigenvalue weighted by Gasteiger charge is -2.19. The van der Waals surface area contributed by atoms with Crippen molar-refractivity contribution in [3.63, 3.8) is 0 Å². The maximum atomic E-state index is 14.4. The first-order chi connectivity index (χ1) is 14.0. The lowest BCUT2D eigenvalue weighted by Crippen LogP contribution is -2.14. The molecular formula is C20H17FN8. The van der Waals surface area contributed by atoms with Gasteiger partial charge in [-0.1, -0.05) is 30.3 Å².